The number of methoxy groups -OCH3 is 2. The maximum Gasteiger partial charge on any atom is 0.350 e. The van der Waals surface area contributed by atoms with Gasteiger partial charge in [0.15, 0.2) is 0 Å². The van der Waals surface area contributed by atoms with Crippen molar-refractivity contribution in [1.82, 2.24) is 15.3 Å². The normalized spacial score (nSPS) is 11.7. The zero-order valence-corrected chi connectivity index (χ0v) is 23.2. The van der Waals surface area contributed by atoms with Gasteiger partial charge < -0.3 is 18.9 Å². The van der Waals surface area contributed by atoms with Crippen LogP contribution in [0.25, 0.3) is 21.5 Å². The van der Waals surface area contributed by atoms with E-state index in [2.05, 4.69) is 10.3 Å². The van der Waals surface area contributed by atoms with Crippen LogP contribution in [0.2, 0.25) is 0 Å². The summed E-state index contributed by atoms with van der Waals surface area (Å²) < 4.78 is 21.4. The van der Waals surface area contributed by atoms with Crippen molar-refractivity contribution in [3.8, 4) is 22.1 Å². The van der Waals surface area contributed by atoms with Gasteiger partial charge in [0, 0.05) is 36.2 Å². The number of nitrogens with zero attached hydrogens (tertiary/aromatic N) is 2. The van der Waals surface area contributed by atoms with Gasteiger partial charge in [-0.1, -0.05) is 24.3 Å². The minimum Gasteiger partial charge on any atom is -0.497 e. The molecule has 0 fully saturated rings. The van der Waals surface area contributed by atoms with E-state index in [-0.39, 0.29) is 19.8 Å². The molecule has 0 saturated carbocycles. The summed E-state index contributed by atoms with van der Waals surface area (Å²) in [7, 11) is 3.14. The highest BCUT2D eigenvalue weighted by molar-refractivity contribution is 7.17. The van der Waals surface area contributed by atoms with Gasteiger partial charge in [0.2, 0.25) is 0 Å². The van der Waals surface area contributed by atoms with E-state index < -0.39 is 18.0 Å². The lowest BCUT2D eigenvalue weighted by atomic mass is 10.0. The molecule has 10 heteroatoms. The molecule has 0 aliphatic heterocycles. The number of hydrogen-bond acceptors (Lipinski definition) is 10. The fraction of sp³-hybridized carbons (Fsp3) is 0.310. The second-order valence-corrected chi connectivity index (χ2v) is 9.50. The molecule has 2 aromatic carbocycles. The standard InChI is InChI=1S/C29H31N3O6S/c1-5-37-28(33)23(14-19-11-12-21(35-3)15-25(19)36-4)31-17-24-26(29(34)38-6-2)39-27(32-24)20-13-18-9-7-8-10-22(18)30-16-20/h7-13,15-16,23,31H,5-6,14,17H2,1-4H3. The summed E-state index contributed by atoms with van der Waals surface area (Å²) in [6.07, 6.45) is 2.04. The molecule has 1 N–H and O–H groups in total. The third-order valence-electron chi connectivity index (χ3n) is 6.00. The predicted octanol–water partition coefficient (Wildman–Crippen LogP) is 4.82. The highest BCUT2D eigenvalue weighted by atomic mass is 32.1. The van der Waals surface area contributed by atoms with Crippen LogP contribution >= 0.6 is 11.3 Å². The van der Waals surface area contributed by atoms with Crippen molar-refractivity contribution >= 4 is 34.2 Å². The lowest BCUT2D eigenvalue weighted by Crippen LogP contribution is -2.40. The largest absolute Gasteiger partial charge is 0.497 e. The monoisotopic (exact) mass is 549 g/mol. The summed E-state index contributed by atoms with van der Waals surface area (Å²) in [6, 6.07) is 14.5. The van der Waals surface area contributed by atoms with Gasteiger partial charge in [-0.3, -0.25) is 15.1 Å². The number of thiazole rings is 1. The molecule has 2 heterocycles. The average Bonchev–Trinajstić information content (AvgIpc) is 3.39. The van der Waals surface area contributed by atoms with Crippen LogP contribution in [0.1, 0.15) is 34.8 Å². The van der Waals surface area contributed by atoms with Crippen LogP contribution in [0, 0.1) is 0 Å². The molecule has 0 bridgehead atoms. The van der Waals surface area contributed by atoms with Gasteiger partial charge in [0.1, 0.15) is 27.4 Å². The Morgan fingerprint density at radius 3 is 2.54 bits per heavy atom. The van der Waals surface area contributed by atoms with Crippen molar-refractivity contribution in [2.75, 3.05) is 27.4 Å². The van der Waals surface area contributed by atoms with Crippen LogP contribution in [-0.2, 0) is 27.2 Å². The van der Waals surface area contributed by atoms with E-state index in [0.29, 0.717) is 33.5 Å². The molecule has 9 nitrogen and oxygen atoms in total. The van der Waals surface area contributed by atoms with Crippen molar-refractivity contribution in [2.24, 2.45) is 0 Å². The number of carbonyl (C=O) groups excluding carboxylic acids is 2. The molecular weight excluding hydrogens is 518 g/mol. The summed E-state index contributed by atoms with van der Waals surface area (Å²) in [5.41, 5.74) is 2.95. The number of nitrogens with one attached hydrogen (secondary N) is 1. The van der Waals surface area contributed by atoms with Gasteiger partial charge >= 0.3 is 11.9 Å². The highest BCUT2D eigenvalue weighted by Gasteiger charge is 2.25. The number of pyridine rings is 1. The molecule has 1 unspecified atom stereocenters. The molecule has 204 valence electrons. The van der Waals surface area contributed by atoms with E-state index in [1.54, 1.807) is 40.3 Å². The Morgan fingerprint density at radius 1 is 1.00 bits per heavy atom. The number of aromatic nitrogens is 2. The number of esters is 2. The summed E-state index contributed by atoms with van der Waals surface area (Å²) in [5, 5.41) is 4.85. The number of fused-ring (bicyclic) bond motifs is 1. The number of carbonyl (C=O) groups is 2. The first-order valence-electron chi connectivity index (χ1n) is 12.6. The topological polar surface area (TPSA) is 109 Å². The maximum atomic E-state index is 12.9. The maximum absolute atomic E-state index is 12.9. The molecule has 4 aromatic rings. The molecule has 0 amide bonds. The van der Waals surface area contributed by atoms with E-state index in [9.17, 15) is 9.59 Å². The Kier molecular flexibility index (Phi) is 9.45. The van der Waals surface area contributed by atoms with Crippen molar-refractivity contribution in [1.29, 1.82) is 0 Å². The first-order valence-corrected chi connectivity index (χ1v) is 13.4. The Hall–Kier alpha value is -4.02. The number of benzene rings is 2. The Labute approximate surface area is 231 Å². The second kappa shape index (κ2) is 13.2. The van der Waals surface area contributed by atoms with E-state index >= 15 is 0 Å². The van der Waals surface area contributed by atoms with E-state index in [0.717, 1.165) is 22.0 Å². The number of para-hydroxylation sites is 1. The Bertz CT molecular complexity index is 1450. The van der Waals surface area contributed by atoms with Crippen LogP contribution in [0.5, 0.6) is 11.5 Å². The smallest absolute Gasteiger partial charge is 0.350 e. The zero-order valence-electron chi connectivity index (χ0n) is 22.4. The van der Waals surface area contributed by atoms with Gasteiger partial charge in [-0.25, -0.2) is 9.78 Å². The number of hydrogen-bond donors (Lipinski definition) is 1. The molecule has 1 atom stereocenters. The van der Waals surface area contributed by atoms with E-state index in [1.807, 2.05) is 42.5 Å². The van der Waals surface area contributed by atoms with Crippen molar-refractivity contribution < 1.29 is 28.5 Å². The molecule has 0 radical (unpaired) electrons. The van der Waals surface area contributed by atoms with Crippen LogP contribution in [-0.4, -0.2) is 55.4 Å². The molecular formula is C29H31N3O6S. The van der Waals surface area contributed by atoms with Crippen LogP contribution < -0.4 is 14.8 Å². The minimum atomic E-state index is -0.713. The van der Waals surface area contributed by atoms with Gasteiger partial charge in [-0.2, -0.15) is 0 Å². The fourth-order valence-electron chi connectivity index (χ4n) is 4.08. The first kappa shape index (κ1) is 28.0. The number of rotatable bonds is 12. The molecule has 2 aromatic heterocycles. The van der Waals surface area contributed by atoms with E-state index in [4.69, 9.17) is 23.9 Å². The Balaban J connectivity index is 1.62. The Morgan fingerprint density at radius 2 is 1.79 bits per heavy atom. The fourth-order valence-corrected chi connectivity index (χ4v) is 5.04. The quantitative estimate of drug-likeness (QED) is 0.249. The molecule has 0 saturated heterocycles. The zero-order chi connectivity index (χ0) is 27.8. The lowest BCUT2D eigenvalue weighted by molar-refractivity contribution is -0.145. The third kappa shape index (κ3) is 6.71. The third-order valence-corrected chi connectivity index (χ3v) is 7.13. The van der Waals surface area contributed by atoms with Gasteiger partial charge in [-0.05, 0) is 37.6 Å². The second-order valence-electron chi connectivity index (χ2n) is 8.50. The molecule has 0 aliphatic carbocycles. The number of ether oxygens (including phenoxy) is 4. The van der Waals surface area contributed by atoms with Gasteiger partial charge in [-0.15, -0.1) is 11.3 Å². The van der Waals surface area contributed by atoms with Crippen LogP contribution in [0.3, 0.4) is 0 Å². The predicted molar refractivity (Wildman–Crippen MR) is 149 cm³/mol. The first-order chi connectivity index (χ1) is 19.0. The van der Waals surface area contributed by atoms with Gasteiger partial charge in [0.25, 0.3) is 0 Å². The average molecular weight is 550 g/mol. The van der Waals surface area contributed by atoms with Crippen molar-refractivity contribution in [3.05, 3.63) is 70.9 Å². The SMILES string of the molecule is CCOC(=O)c1sc(-c2cnc3ccccc3c2)nc1CNC(Cc1ccc(OC)cc1OC)C(=O)OCC. The molecule has 0 aliphatic rings. The summed E-state index contributed by atoms with van der Waals surface area (Å²) in [6.45, 7) is 4.13. The molecule has 0 spiro atoms. The summed E-state index contributed by atoms with van der Waals surface area (Å²) in [4.78, 5) is 35.4. The minimum absolute atomic E-state index is 0.146. The molecule has 4 rings (SSSR count). The van der Waals surface area contributed by atoms with Crippen LogP contribution in [0.15, 0.2) is 54.7 Å². The molecule has 39 heavy (non-hydrogen) atoms. The summed E-state index contributed by atoms with van der Waals surface area (Å²) in [5.74, 6) is 0.365. The van der Waals surface area contributed by atoms with Gasteiger partial charge in [0.05, 0.1) is 38.6 Å². The lowest BCUT2D eigenvalue weighted by Gasteiger charge is -2.19. The van der Waals surface area contributed by atoms with Crippen molar-refractivity contribution in [2.45, 2.75) is 32.9 Å². The highest BCUT2D eigenvalue weighted by Crippen LogP contribution is 2.31. The van der Waals surface area contributed by atoms with Crippen LogP contribution in [0.4, 0.5) is 0 Å². The van der Waals surface area contributed by atoms with Crippen molar-refractivity contribution in [3.63, 3.8) is 0 Å². The van der Waals surface area contributed by atoms with E-state index in [1.165, 1.54) is 11.3 Å². The summed E-state index contributed by atoms with van der Waals surface area (Å²) >= 11 is 1.24.